The van der Waals surface area contributed by atoms with E-state index in [2.05, 4.69) is 35.1 Å². The summed E-state index contributed by atoms with van der Waals surface area (Å²) in [6, 6.07) is 3.07. The SMILES string of the molecule is CC1(C)C(Nc2c(Cl)cc(F)cc2Br)C2CCOC21. The first kappa shape index (κ1) is 13.7. The van der Waals surface area contributed by atoms with Gasteiger partial charge in [0.05, 0.1) is 16.8 Å². The Morgan fingerprint density at radius 1 is 1.47 bits per heavy atom. The van der Waals surface area contributed by atoms with Crippen molar-refractivity contribution in [1.29, 1.82) is 0 Å². The molecule has 1 aliphatic heterocycles. The maximum atomic E-state index is 13.2. The number of anilines is 1. The molecule has 2 nitrogen and oxygen atoms in total. The van der Waals surface area contributed by atoms with Gasteiger partial charge >= 0.3 is 0 Å². The molecular weight excluding hydrogens is 333 g/mol. The topological polar surface area (TPSA) is 21.3 Å². The fraction of sp³-hybridized carbons (Fsp3) is 0.571. The molecule has 2 fully saturated rings. The highest BCUT2D eigenvalue weighted by atomic mass is 79.9. The highest BCUT2D eigenvalue weighted by Gasteiger charge is 2.59. The third-order valence-electron chi connectivity index (χ3n) is 4.41. The Labute approximate surface area is 125 Å². The lowest BCUT2D eigenvalue weighted by atomic mass is 9.57. The van der Waals surface area contributed by atoms with Crippen LogP contribution >= 0.6 is 27.5 Å². The van der Waals surface area contributed by atoms with Crippen LogP contribution < -0.4 is 5.32 Å². The van der Waals surface area contributed by atoms with Gasteiger partial charge in [0.2, 0.25) is 0 Å². The van der Waals surface area contributed by atoms with Gasteiger partial charge in [-0.05, 0) is 34.5 Å². The smallest absolute Gasteiger partial charge is 0.125 e. The van der Waals surface area contributed by atoms with Crippen molar-refractivity contribution in [2.24, 2.45) is 11.3 Å². The zero-order valence-corrected chi connectivity index (χ0v) is 13.2. The van der Waals surface area contributed by atoms with Gasteiger partial charge < -0.3 is 10.1 Å². The van der Waals surface area contributed by atoms with Crippen LogP contribution in [0.3, 0.4) is 0 Å². The van der Waals surface area contributed by atoms with Crippen LogP contribution in [0, 0.1) is 17.2 Å². The lowest BCUT2D eigenvalue weighted by molar-refractivity contribution is -0.0923. The molecule has 3 unspecified atom stereocenters. The molecule has 2 aliphatic rings. The molecule has 0 amide bonds. The number of ether oxygens (including phenoxy) is 1. The largest absolute Gasteiger partial charge is 0.379 e. The Bertz CT molecular complexity index is 499. The van der Waals surface area contributed by atoms with E-state index in [9.17, 15) is 4.39 Å². The quantitative estimate of drug-likeness (QED) is 0.851. The van der Waals surface area contributed by atoms with Crippen LogP contribution in [0.5, 0.6) is 0 Å². The molecule has 0 radical (unpaired) electrons. The average molecular weight is 349 g/mol. The maximum absolute atomic E-state index is 13.2. The van der Waals surface area contributed by atoms with Crippen molar-refractivity contribution < 1.29 is 9.13 Å². The normalized spacial score (nSPS) is 31.7. The number of hydrogen-bond acceptors (Lipinski definition) is 2. The monoisotopic (exact) mass is 347 g/mol. The number of nitrogens with one attached hydrogen (secondary N) is 1. The minimum atomic E-state index is -0.336. The van der Waals surface area contributed by atoms with E-state index in [0.29, 0.717) is 27.6 Å². The highest BCUT2D eigenvalue weighted by Crippen LogP contribution is 2.54. The Balaban J connectivity index is 1.86. The molecule has 3 rings (SSSR count). The van der Waals surface area contributed by atoms with Crippen molar-refractivity contribution in [1.82, 2.24) is 0 Å². The summed E-state index contributed by atoms with van der Waals surface area (Å²) in [6.07, 6.45) is 1.39. The van der Waals surface area contributed by atoms with E-state index in [1.165, 1.54) is 12.1 Å². The summed E-state index contributed by atoms with van der Waals surface area (Å²) >= 11 is 9.50. The van der Waals surface area contributed by atoms with Gasteiger partial charge in [-0.2, -0.15) is 0 Å². The summed E-state index contributed by atoms with van der Waals surface area (Å²) in [5.41, 5.74) is 0.838. The molecule has 1 saturated carbocycles. The summed E-state index contributed by atoms with van der Waals surface area (Å²) in [6.45, 7) is 5.22. The van der Waals surface area contributed by atoms with Gasteiger partial charge in [-0.25, -0.2) is 4.39 Å². The summed E-state index contributed by atoms with van der Waals surface area (Å²) in [4.78, 5) is 0. The van der Waals surface area contributed by atoms with E-state index in [4.69, 9.17) is 16.3 Å². The van der Waals surface area contributed by atoms with Crippen LogP contribution in [-0.4, -0.2) is 18.8 Å². The third-order valence-corrected chi connectivity index (χ3v) is 5.33. The predicted octanol–water partition coefficient (Wildman–Crippen LogP) is 4.47. The molecule has 1 aromatic rings. The summed E-state index contributed by atoms with van der Waals surface area (Å²) in [5.74, 6) is 0.181. The van der Waals surface area contributed by atoms with Gasteiger partial charge in [-0.3, -0.25) is 0 Å². The van der Waals surface area contributed by atoms with Crippen molar-refractivity contribution in [3.8, 4) is 0 Å². The van der Waals surface area contributed by atoms with Gasteiger partial charge in [0.15, 0.2) is 0 Å². The Morgan fingerprint density at radius 2 is 2.21 bits per heavy atom. The predicted molar refractivity (Wildman–Crippen MR) is 78.1 cm³/mol. The Hall–Kier alpha value is -0.320. The Kier molecular flexibility index (Phi) is 3.31. The molecule has 0 spiro atoms. The molecular formula is C14H16BrClFNO. The van der Waals surface area contributed by atoms with Crippen LogP contribution in [0.4, 0.5) is 10.1 Å². The van der Waals surface area contributed by atoms with Crippen molar-refractivity contribution in [3.05, 3.63) is 27.4 Å². The first-order chi connectivity index (χ1) is 8.91. The van der Waals surface area contributed by atoms with Gasteiger partial charge in [-0.15, -0.1) is 0 Å². The van der Waals surface area contributed by atoms with Crippen molar-refractivity contribution in [3.63, 3.8) is 0 Å². The molecule has 1 saturated heterocycles. The lowest BCUT2D eigenvalue weighted by Gasteiger charge is -2.55. The summed E-state index contributed by atoms with van der Waals surface area (Å²) in [7, 11) is 0. The zero-order valence-electron chi connectivity index (χ0n) is 10.8. The van der Waals surface area contributed by atoms with Crippen LogP contribution in [0.15, 0.2) is 16.6 Å². The van der Waals surface area contributed by atoms with E-state index in [1.807, 2.05) is 0 Å². The standard InChI is InChI=1S/C14H16BrClFNO/c1-14(2)12(8-3-4-19-13(8)14)18-11-9(15)5-7(17)6-10(11)16/h5-6,8,12-13,18H,3-4H2,1-2H3. The van der Waals surface area contributed by atoms with Gasteiger partial charge in [0, 0.05) is 28.5 Å². The van der Waals surface area contributed by atoms with E-state index in [1.54, 1.807) is 0 Å². The van der Waals surface area contributed by atoms with Crippen LogP contribution in [0.1, 0.15) is 20.3 Å². The van der Waals surface area contributed by atoms with Crippen molar-refractivity contribution in [2.45, 2.75) is 32.4 Å². The molecule has 5 heteroatoms. The molecule has 3 atom stereocenters. The molecule has 1 aliphatic carbocycles. The fourth-order valence-electron chi connectivity index (χ4n) is 3.45. The molecule has 0 aromatic heterocycles. The minimum Gasteiger partial charge on any atom is -0.379 e. The second kappa shape index (κ2) is 4.61. The summed E-state index contributed by atoms with van der Waals surface area (Å²) in [5, 5.41) is 3.89. The summed E-state index contributed by atoms with van der Waals surface area (Å²) < 4.78 is 19.7. The molecule has 1 N–H and O–H groups in total. The van der Waals surface area contributed by atoms with Gasteiger partial charge in [0.25, 0.3) is 0 Å². The van der Waals surface area contributed by atoms with Crippen LogP contribution in [0.25, 0.3) is 0 Å². The number of rotatable bonds is 2. The number of halogens is 3. The fourth-order valence-corrected chi connectivity index (χ4v) is 4.37. The average Bonchev–Trinajstić information content (AvgIpc) is 2.74. The third kappa shape index (κ3) is 2.08. The lowest BCUT2D eigenvalue weighted by Crippen LogP contribution is -2.63. The van der Waals surface area contributed by atoms with E-state index < -0.39 is 0 Å². The van der Waals surface area contributed by atoms with Gasteiger partial charge in [0.1, 0.15) is 5.82 Å². The van der Waals surface area contributed by atoms with Gasteiger partial charge in [-0.1, -0.05) is 25.4 Å². The molecule has 19 heavy (non-hydrogen) atoms. The molecule has 0 bridgehead atoms. The van der Waals surface area contributed by atoms with Crippen LogP contribution in [0.2, 0.25) is 5.02 Å². The number of hydrogen-bond donors (Lipinski definition) is 1. The first-order valence-electron chi connectivity index (χ1n) is 6.44. The minimum absolute atomic E-state index is 0.0678. The zero-order chi connectivity index (χ0) is 13.8. The molecule has 1 aromatic carbocycles. The second-order valence-corrected chi connectivity index (χ2v) is 7.19. The van der Waals surface area contributed by atoms with E-state index in [-0.39, 0.29) is 11.2 Å². The molecule has 104 valence electrons. The van der Waals surface area contributed by atoms with E-state index in [0.717, 1.165) is 18.7 Å². The highest BCUT2D eigenvalue weighted by molar-refractivity contribution is 9.10. The molecule has 1 heterocycles. The van der Waals surface area contributed by atoms with E-state index >= 15 is 0 Å². The van der Waals surface area contributed by atoms with Crippen LogP contribution in [-0.2, 0) is 4.74 Å². The first-order valence-corrected chi connectivity index (χ1v) is 7.61. The van der Waals surface area contributed by atoms with Crippen molar-refractivity contribution >= 4 is 33.2 Å². The number of fused-ring (bicyclic) bond motifs is 1. The van der Waals surface area contributed by atoms with Crippen molar-refractivity contribution in [2.75, 3.05) is 11.9 Å². The number of benzene rings is 1. The maximum Gasteiger partial charge on any atom is 0.125 e. The Morgan fingerprint density at radius 3 is 2.89 bits per heavy atom. The second-order valence-electron chi connectivity index (χ2n) is 5.93.